The zero-order valence-corrected chi connectivity index (χ0v) is 8.73. The predicted octanol–water partition coefficient (Wildman–Crippen LogP) is -1.59. The maximum atomic E-state index is 13.7. The lowest BCUT2D eigenvalue weighted by atomic mass is 10.1. The molecule has 1 aliphatic heterocycles. The molecule has 1 saturated heterocycles. The number of anilines is 1. The number of hydrogen-bond acceptors (Lipinski definition) is 6. The van der Waals surface area contributed by atoms with Crippen molar-refractivity contribution in [3.05, 3.63) is 22.7 Å². The van der Waals surface area contributed by atoms with Crippen molar-refractivity contribution in [1.29, 1.82) is 0 Å². The summed E-state index contributed by atoms with van der Waals surface area (Å²) in [5, 5.41) is 18.3. The molecule has 0 bridgehead atoms. The maximum Gasteiger partial charge on any atom is 0.351 e. The molecule has 0 amide bonds. The van der Waals surface area contributed by atoms with Crippen molar-refractivity contribution in [2.24, 2.45) is 0 Å². The van der Waals surface area contributed by atoms with Crippen LogP contribution in [0.5, 0.6) is 0 Å². The number of rotatable bonds is 2. The second-order valence-corrected chi connectivity index (χ2v) is 3.72. The van der Waals surface area contributed by atoms with Crippen LogP contribution in [0.2, 0.25) is 0 Å². The quantitative estimate of drug-likeness (QED) is 0.578. The van der Waals surface area contributed by atoms with Gasteiger partial charge in [-0.15, -0.1) is 0 Å². The van der Waals surface area contributed by atoms with Gasteiger partial charge in [-0.3, -0.25) is 4.57 Å². The average Bonchev–Trinajstić information content (AvgIpc) is 2.57. The molecule has 1 aliphatic rings. The van der Waals surface area contributed by atoms with Gasteiger partial charge >= 0.3 is 5.69 Å². The van der Waals surface area contributed by atoms with E-state index < -0.39 is 36.9 Å². The van der Waals surface area contributed by atoms with Gasteiger partial charge in [-0.05, 0) is 6.07 Å². The molecule has 0 aromatic carbocycles. The highest BCUT2D eigenvalue weighted by atomic mass is 18.2. The Labute approximate surface area is 95.3 Å². The molecule has 4 unspecified atom stereocenters. The highest BCUT2D eigenvalue weighted by molar-refractivity contribution is 5.23. The first kappa shape index (κ1) is 12.0. The fourth-order valence-electron chi connectivity index (χ4n) is 1.70. The molecule has 1 fully saturated rings. The molecule has 4 N–H and O–H groups in total. The third-order valence-corrected chi connectivity index (χ3v) is 2.60. The molecule has 94 valence electrons. The third kappa shape index (κ3) is 2.02. The maximum absolute atomic E-state index is 13.7. The summed E-state index contributed by atoms with van der Waals surface area (Å²) in [6.45, 7) is -0.533. The lowest BCUT2D eigenvalue weighted by Gasteiger charge is -2.15. The fourth-order valence-corrected chi connectivity index (χ4v) is 1.70. The van der Waals surface area contributed by atoms with Crippen LogP contribution in [0.25, 0.3) is 0 Å². The fraction of sp³-hybridized carbons (Fsp3) is 0.556. The number of hydrogen-bond donors (Lipinski definition) is 3. The second kappa shape index (κ2) is 4.40. The summed E-state index contributed by atoms with van der Waals surface area (Å²) >= 11 is 0. The van der Waals surface area contributed by atoms with Crippen molar-refractivity contribution in [3.63, 3.8) is 0 Å². The van der Waals surface area contributed by atoms with Crippen LogP contribution in [0.3, 0.4) is 0 Å². The Morgan fingerprint density at radius 2 is 2.35 bits per heavy atom. The SMILES string of the molecule is Nc1ccn(C2OC(CO)C(O)C2[18F])c(=O)n1. The highest BCUT2D eigenvalue weighted by Crippen LogP contribution is 2.30. The lowest BCUT2D eigenvalue weighted by Crippen LogP contribution is -2.33. The minimum Gasteiger partial charge on any atom is -0.394 e. The molecule has 2 heterocycles. The van der Waals surface area contributed by atoms with Gasteiger partial charge in [-0.25, -0.2) is 9.18 Å². The van der Waals surface area contributed by atoms with E-state index in [2.05, 4.69) is 4.98 Å². The molecular formula is C9H12FN3O4. The van der Waals surface area contributed by atoms with Gasteiger partial charge in [0.1, 0.15) is 18.0 Å². The Hall–Kier alpha value is -1.51. The van der Waals surface area contributed by atoms with E-state index in [-0.39, 0.29) is 5.82 Å². The molecule has 0 saturated carbocycles. The summed E-state index contributed by atoms with van der Waals surface area (Å²) in [5.41, 5.74) is 4.52. The largest absolute Gasteiger partial charge is 0.394 e. The molecule has 4 atom stereocenters. The van der Waals surface area contributed by atoms with E-state index >= 15 is 0 Å². The minimum absolute atomic E-state index is 0.0129. The second-order valence-electron chi connectivity index (χ2n) is 3.72. The van der Waals surface area contributed by atoms with Crippen LogP contribution < -0.4 is 11.4 Å². The van der Waals surface area contributed by atoms with Gasteiger partial charge < -0.3 is 20.7 Å². The van der Waals surface area contributed by atoms with Crippen molar-refractivity contribution in [3.8, 4) is 0 Å². The molecule has 0 radical (unpaired) electrons. The number of aliphatic hydroxyl groups excluding tert-OH is 2. The van der Waals surface area contributed by atoms with Gasteiger partial charge in [0, 0.05) is 6.20 Å². The van der Waals surface area contributed by atoms with Crippen LogP contribution in [0.1, 0.15) is 6.23 Å². The highest BCUT2D eigenvalue weighted by Gasteiger charge is 2.45. The summed E-state index contributed by atoms with van der Waals surface area (Å²) in [4.78, 5) is 14.9. The van der Waals surface area contributed by atoms with Crippen LogP contribution in [-0.2, 0) is 4.74 Å². The number of halogens is 1. The standard InChI is InChI=1S/C9H12FN3O4/c10-6-7(15)4(3-14)17-8(6)13-2-1-5(11)12-9(13)16/h1-2,4,6-8,14-15H,3H2,(H2,11,12,16)/i10-1. The molecule has 7 nitrogen and oxygen atoms in total. The van der Waals surface area contributed by atoms with Crippen molar-refractivity contribution >= 4 is 5.82 Å². The molecule has 1 aromatic rings. The minimum atomic E-state index is -1.81. The van der Waals surface area contributed by atoms with Crippen LogP contribution in [0.15, 0.2) is 17.1 Å². The van der Waals surface area contributed by atoms with Gasteiger partial charge in [-0.1, -0.05) is 0 Å². The first-order chi connectivity index (χ1) is 8.04. The number of alkyl halides is 1. The Morgan fingerprint density at radius 1 is 1.65 bits per heavy atom. The Kier molecular flexibility index (Phi) is 3.09. The molecule has 0 aliphatic carbocycles. The molecule has 2 rings (SSSR count). The average molecular weight is 244 g/mol. The van der Waals surface area contributed by atoms with E-state index in [1.807, 2.05) is 0 Å². The van der Waals surface area contributed by atoms with Crippen LogP contribution in [0.4, 0.5) is 10.2 Å². The normalized spacial score (nSPS) is 32.9. The summed E-state index contributed by atoms with van der Waals surface area (Å²) in [6, 6.07) is 1.32. The first-order valence-corrected chi connectivity index (χ1v) is 4.97. The number of aromatic nitrogens is 2. The van der Waals surface area contributed by atoms with E-state index in [1.54, 1.807) is 0 Å². The van der Waals surface area contributed by atoms with E-state index in [0.29, 0.717) is 0 Å². The number of nitrogen functional groups attached to an aromatic ring is 1. The summed E-state index contributed by atoms with van der Waals surface area (Å²) in [5.74, 6) is 0.0129. The van der Waals surface area contributed by atoms with Gasteiger partial charge in [0.05, 0.1) is 6.61 Å². The van der Waals surface area contributed by atoms with Crippen LogP contribution in [-0.4, -0.2) is 44.8 Å². The number of nitrogens with two attached hydrogens (primary N) is 1. The number of nitrogens with zero attached hydrogens (tertiary/aromatic N) is 2. The van der Waals surface area contributed by atoms with E-state index in [4.69, 9.17) is 15.6 Å². The Bertz CT molecular complexity index is 466. The Balaban J connectivity index is 2.32. The van der Waals surface area contributed by atoms with Crippen molar-refractivity contribution in [1.82, 2.24) is 9.55 Å². The van der Waals surface area contributed by atoms with E-state index in [1.165, 1.54) is 12.3 Å². The van der Waals surface area contributed by atoms with Crippen molar-refractivity contribution < 1.29 is 19.3 Å². The first-order valence-electron chi connectivity index (χ1n) is 4.97. The lowest BCUT2D eigenvalue weighted by molar-refractivity contribution is -0.0490. The summed E-state index contributed by atoms with van der Waals surface area (Å²) in [6.07, 6.45) is -4.42. The molecule has 1 aromatic heterocycles. The zero-order chi connectivity index (χ0) is 12.6. The van der Waals surface area contributed by atoms with Crippen molar-refractivity contribution in [2.45, 2.75) is 24.6 Å². The molecule has 0 spiro atoms. The number of aliphatic hydroxyl groups is 2. The summed E-state index contributed by atoms with van der Waals surface area (Å²) in [7, 11) is 0. The Morgan fingerprint density at radius 3 is 2.88 bits per heavy atom. The molecular weight excluding hydrogens is 232 g/mol. The molecule has 8 heteroatoms. The van der Waals surface area contributed by atoms with Crippen LogP contribution in [0, 0.1) is 0 Å². The monoisotopic (exact) mass is 244 g/mol. The van der Waals surface area contributed by atoms with Gasteiger partial charge in [-0.2, -0.15) is 4.98 Å². The summed E-state index contributed by atoms with van der Waals surface area (Å²) < 4.78 is 19.6. The number of ether oxygens (including phenoxy) is 1. The molecule has 17 heavy (non-hydrogen) atoms. The van der Waals surface area contributed by atoms with Crippen LogP contribution >= 0.6 is 0 Å². The van der Waals surface area contributed by atoms with E-state index in [9.17, 15) is 14.3 Å². The van der Waals surface area contributed by atoms with Gasteiger partial charge in [0.2, 0.25) is 0 Å². The van der Waals surface area contributed by atoms with Gasteiger partial charge in [0.25, 0.3) is 0 Å². The predicted molar refractivity (Wildman–Crippen MR) is 54.8 cm³/mol. The topological polar surface area (TPSA) is 111 Å². The smallest absolute Gasteiger partial charge is 0.351 e. The van der Waals surface area contributed by atoms with Crippen molar-refractivity contribution in [2.75, 3.05) is 12.3 Å². The van der Waals surface area contributed by atoms with E-state index in [0.717, 1.165) is 4.57 Å². The zero-order valence-electron chi connectivity index (χ0n) is 8.73. The third-order valence-electron chi connectivity index (χ3n) is 2.60. The van der Waals surface area contributed by atoms with Gasteiger partial charge in [0.15, 0.2) is 12.4 Å².